The van der Waals surface area contributed by atoms with Crippen LogP contribution >= 0.6 is 0 Å². The number of carboxylic acids is 1. The van der Waals surface area contributed by atoms with Crippen LogP contribution in [0.5, 0.6) is 0 Å². The molecule has 0 fully saturated rings. The fourth-order valence-electron chi connectivity index (χ4n) is 1.66. The van der Waals surface area contributed by atoms with E-state index in [1.807, 2.05) is 5.32 Å². The number of halogens is 3. The molecule has 0 saturated heterocycles. The topological polar surface area (TPSA) is 66.4 Å². The van der Waals surface area contributed by atoms with Gasteiger partial charge >= 0.3 is 12.1 Å². The molecule has 0 bridgehead atoms. The molecule has 0 aliphatic carbocycles. The molecule has 0 aliphatic heterocycles. The lowest BCUT2D eigenvalue weighted by Crippen LogP contribution is -2.44. The highest BCUT2D eigenvalue weighted by Gasteiger charge is 2.36. The molecule has 110 valence electrons. The quantitative estimate of drug-likeness (QED) is 0.872. The minimum atomic E-state index is -4.65. The molecule has 0 aliphatic rings. The van der Waals surface area contributed by atoms with Gasteiger partial charge in [0.25, 0.3) is 0 Å². The average molecular weight is 289 g/mol. The Morgan fingerprint density at radius 3 is 2.40 bits per heavy atom. The third-order valence-electron chi connectivity index (χ3n) is 2.68. The van der Waals surface area contributed by atoms with Gasteiger partial charge in [0.2, 0.25) is 5.91 Å². The first-order valence-corrected chi connectivity index (χ1v) is 5.82. The van der Waals surface area contributed by atoms with E-state index in [-0.39, 0.29) is 6.42 Å². The van der Waals surface area contributed by atoms with Crippen LogP contribution in [0.1, 0.15) is 17.5 Å². The zero-order valence-electron chi connectivity index (χ0n) is 10.7. The van der Waals surface area contributed by atoms with Crippen LogP contribution in [0.2, 0.25) is 0 Å². The van der Waals surface area contributed by atoms with Gasteiger partial charge in [0.05, 0.1) is 12.8 Å². The fraction of sp³-hybridized carbons (Fsp3) is 0.385. The molecule has 1 aromatic rings. The van der Waals surface area contributed by atoms with E-state index in [0.717, 1.165) is 5.56 Å². The normalized spacial score (nSPS) is 12.8. The summed E-state index contributed by atoms with van der Waals surface area (Å²) in [5.41, 5.74) is 1.45. The summed E-state index contributed by atoms with van der Waals surface area (Å²) < 4.78 is 36.6. The van der Waals surface area contributed by atoms with Crippen LogP contribution in [0.4, 0.5) is 13.2 Å². The van der Waals surface area contributed by atoms with Crippen molar-refractivity contribution in [2.75, 3.05) is 0 Å². The third kappa shape index (κ3) is 5.29. The number of aliphatic carboxylic acids is 1. The van der Waals surface area contributed by atoms with Gasteiger partial charge in [-0.1, -0.05) is 24.3 Å². The Labute approximate surface area is 113 Å². The molecule has 0 radical (unpaired) electrons. The van der Waals surface area contributed by atoms with Crippen LogP contribution < -0.4 is 5.32 Å². The highest BCUT2D eigenvalue weighted by atomic mass is 19.4. The largest absolute Gasteiger partial charge is 0.480 e. The minimum absolute atomic E-state index is 0.158. The van der Waals surface area contributed by atoms with Crippen molar-refractivity contribution in [2.24, 2.45) is 0 Å². The molecule has 1 amide bonds. The lowest BCUT2D eigenvalue weighted by molar-refractivity contribution is -0.159. The van der Waals surface area contributed by atoms with Crippen LogP contribution in [0.25, 0.3) is 0 Å². The molecule has 0 aromatic heterocycles. The number of aryl methyl sites for hydroxylation is 1. The number of alkyl halides is 3. The standard InChI is InChI=1S/C13H14F3NO3/c1-8-4-2-3-5-9(8)6-11(18)17-10(12(19)20)7-13(14,15)16/h2-5,10H,6-7H2,1H3,(H,17,18)(H,19,20). The van der Waals surface area contributed by atoms with E-state index in [4.69, 9.17) is 5.11 Å². The SMILES string of the molecule is Cc1ccccc1CC(=O)NC(CC(F)(F)F)C(=O)O. The Bertz CT molecular complexity index is 500. The van der Waals surface area contributed by atoms with Gasteiger partial charge in [-0.15, -0.1) is 0 Å². The van der Waals surface area contributed by atoms with Gasteiger partial charge in [-0.2, -0.15) is 13.2 Å². The Balaban J connectivity index is 2.68. The molecule has 20 heavy (non-hydrogen) atoms. The Hall–Kier alpha value is -2.05. The molecule has 0 saturated carbocycles. The van der Waals surface area contributed by atoms with Crippen molar-refractivity contribution < 1.29 is 27.9 Å². The van der Waals surface area contributed by atoms with Crippen LogP contribution in [0.3, 0.4) is 0 Å². The van der Waals surface area contributed by atoms with Gasteiger partial charge < -0.3 is 10.4 Å². The Morgan fingerprint density at radius 2 is 1.90 bits per heavy atom. The molecule has 1 unspecified atom stereocenters. The number of nitrogens with one attached hydrogen (secondary N) is 1. The number of carboxylic acid groups (broad SMARTS) is 1. The molecule has 7 heteroatoms. The van der Waals surface area contributed by atoms with Crippen molar-refractivity contribution in [3.05, 3.63) is 35.4 Å². The highest BCUT2D eigenvalue weighted by Crippen LogP contribution is 2.21. The number of carbonyl (C=O) groups excluding carboxylic acids is 1. The zero-order chi connectivity index (χ0) is 15.3. The third-order valence-corrected chi connectivity index (χ3v) is 2.68. The fourth-order valence-corrected chi connectivity index (χ4v) is 1.66. The number of benzene rings is 1. The van der Waals surface area contributed by atoms with Crippen LogP contribution in [0, 0.1) is 6.92 Å². The molecular weight excluding hydrogens is 275 g/mol. The molecule has 0 heterocycles. The van der Waals surface area contributed by atoms with Crippen LogP contribution in [0.15, 0.2) is 24.3 Å². The summed E-state index contributed by atoms with van der Waals surface area (Å²) in [6, 6.07) is 4.91. The molecule has 1 atom stereocenters. The maximum absolute atomic E-state index is 12.2. The lowest BCUT2D eigenvalue weighted by Gasteiger charge is -2.16. The van der Waals surface area contributed by atoms with Crippen molar-refractivity contribution in [3.63, 3.8) is 0 Å². The van der Waals surface area contributed by atoms with Gasteiger partial charge in [0, 0.05) is 0 Å². The molecular formula is C13H14F3NO3. The second-order valence-corrected chi connectivity index (χ2v) is 4.38. The number of carbonyl (C=O) groups is 2. The summed E-state index contributed by atoms with van der Waals surface area (Å²) in [6.07, 6.45) is -6.41. The van der Waals surface area contributed by atoms with Gasteiger partial charge in [-0.3, -0.25) is 4.79 Å². The van der Waals surface area contributed by atoms with Gasteiger partial charge in [-0.25, -0.2) is 4.79 Å². The highest BCUT2D eigenvalue weighted by molar-refractivity contribution is 5.85. The van der Waals surface area contributed by atoms with Crippen LogP contribution in [-0.4, -0.2) is 29.2 Å². The van der Waals surface area contributed by atoms with Gasteiger partial charge in [-0.05, 0) is 18.1 Å². The summed E-state index contributed by atoms with van der Waals surface area (Å²) in [7, 11) is 0. The zero-order valence-corrected chi connectivity index (χ0v) is 10.7. The molecule has 2 N–H and O–H groups in total. The number of hydrogen-bond acceptors (Lipinski definition) is 2. The number of amides is 1. The van der Waals surface area contributed by atoms with Crippen molar-refractivity contribution >= 4 is 11.9 Å². The summed E-state index contributed by atoms with van der Waals surface area (Å²) in [5, 5.41) is 10.6. The summed E-state index contributed by atoms with van der Waals surface area (Å²) in [5.74, 6) is -2.46. The second-order valence-electron chi connectivity index (χ2n) is 4.38. The van der Waals surface area contributed by atoms with E-state index in [2.05, 4.69) is 0 Å². The van der Waals surface area contributed by atoms with Gasteiger partial charge in [0.1, 0.15) is 6.04 Å². The molecule has 0 spiro atoms. The predicted molar refractivity (Wildman–Crippen MR) is 65.1 cm³/mol. The maximum Gasteiger partial charge on any atom is 0.391 e. The van der Waals surface area contributed by atoms with Gasteiger partial charge in [0.15, 0.2) is 0 Å². The van der Waals surface area contributed by atoms with E-state index in [1.54, 1.807) is 31.2 Å². The monoisotopic (exact) mass is 289 g/mol. The number of hydrogen-bond donors (Lipinski definition) is 2. The first-order valence-electron chi connectivity index (χ1n) is 5.82. The summed E-state index contributed by atoms with van der Waals surface area (Å²) in [6.45, 7) is 1.76. The van der Waals surface area contributed by atoms with Crippen LogP contribution in [-0.2, 0) is 16.0 Å². The predicted octanol–water partition coefficient (Wildman–Crippen LogP) is 2.06. The first kappa shape index (κ1) is 16.0. The molecule has 1 aromatic carbocycles. The van der Waals surface area contributed by atoms with E-state index < -0.39 is 30.5 Å². The van der Waals surface area contributed by atoms with Crippen molar-refractivity contribution in [2.45, 2.75) is 32.0 Å². The van der Waals surface area contributed by atoms with Crippen molar-refractivity contribution in [3.8, 4) is 0 Å². The second kappa shape index (κ2) is 6.40. The van der Waals surface area contributed by atoms with E-state index in [9.17, 15) is 22.8 Å². The maximum atomic E-state index is 12.2. The van der Waals surface area contributed by atoms with E-state index >= 15 is 0 Å². The smallest absolute Gasteiger partial charge is 0.391 e. The summed E-state index contributed by atoms with van der Waals surface area (Å²) in [4.78, 5) is 22.3. The molecule has 1 rings (SSSR count). The van der Waals surface area contributed by atoms with E-state index in [1.165, 1.54) is 0 Å². The Kier molecular flexibility index (Phi) is 5.12. The van der Waals surface area contributed by atoms with Crippen molar-refractivity contribution in [1.82, 2.24) is 5.32 Å². The summed E-state index contributed by atoms with van der Waals surface area (Å²) >= 11 is 0. The lowest BCUT2D eigenvalue weighted by atomic mass is 10.1. The minimum Gasteiger partial charge on any atom is -0.480 e. The average Bonchev–Trinajstić information content (AvgIpc) is 2.29. The Morgan fingerprint density at radius 1 is 1.30 bits per heavy atom. The number of rotatable bonds is 5. The van der Waals surface area contributed by atoms with Crippen molar-refractivity contribution in [1.29, 1.82) is 0 Å². The first-order chi connectivity index (χ1) is 9.19. The van der Waals surface area contributed by atoms with E-state index in [0.29, 0.717) is 5.56 Å². The molecule has 4 nitrogen and oxygen atoms in total.